The van der Waals surface area contributed by atoms with E-state index >= 15 is 0 Å². The SMILES string of the molecule is O=C(COc1ccccc1Cl)N1CCN(c2ccc(-c3cccc4ccccc34)nn2)CC1. The Labute approximate surface area is 197 Å². The standard InChI is InChI=1S/C26H23ClN4O2/c27-22-10-3-4-11-24(22)33-18-26(32)31-16-14-30(15-17-31)25-13-12-23(28-29-25)21-9-5-7-19-6-1-2-8-20(19)21/h1-13H,14-18H2. The van der Waals surface area contributed by atoms with Gasteiger partial charge in [0.25, 0.3) is 5.91 Å². The minimum atomic E-state index is -0.0491. The molecule has 1 aliphatic heterocycles. The predicted molar refractivity (Wildman–Crippen MR) is 131 cm³/mol. The number of fused-ring (bicyclic) bond motifs is 1. The van der Waals surface area contributed by atoms with E-state index in [0.29, 0.717) is 37.0 Å². The number of nitrogens with zero attached hydrogens (tertiary/aromatic N) is 4. The van der Waals surface area contributed by atoms with Crippen LogP contribution in [0.1, 0.15) is 0 Å². The molecular formula is C26H23ClN4O2. The van der Waals surface area contributed by atoms with E-state index in [1.807, 2.05) is 47.4 Å². The molecule has 6 nitrogen and oxygen atoms in total. The lowest BCUT2D eigenvalue weighted by molar-refractivity contribution is -0.133. The number of piperazine rings is 1. The van der Waals surface area contributed by atoms with E-state index in [9.17, 15) is 4.79 Å². The normalized spacial score (nSPS) is 13.8. The summed E-state index contributed by atoms with van der Waals surface area (Å²) in [5, 5.41) is 11.8. The lowest BCUT2D eigenvalue weighted by Gasteiger charge is -2.35. The number of aromatic nitrogens is 2. The number of amides is 1. The second kappa shape index (κ2) is 9.46. The van der Waals surface area contributed by atoms with Crippen LogP contribution in [0.3, 0.4) is 0 Å². The zero-order valence-electron chi connectivity index (χ0n) is 18.0. The van der Waals surface area contributed by atoms with Gasteiger partial charge in [0.15, 0.2) is 12.4 Å². The Kier molecular flexibility index (Phi) is 6.09. The number of hydrogen-bond acceptors (Lipinski definition) is 5. The third-order valence-corrected chi connectivity index (χ3v) is 6.17. The molecule has 0 bridgehead atoms. The molecule has 1 fully saturated rings. The summed E-state index contributed by atoms with van der Waals surface area (Å²) in [6, 6.07) is 25.7. The summed E-state index contributed by atoms with van der Waals surface area (Å²) in [5.41, 5.74) is 1.92. The number of para-hydroxylation sites is 1. The van der Waals surface area contributed by atoms with Gasteiger partial charge in [-0.15, -0.1) is 10.2 Å². The Morgan fingerprint density at radius 2 is 1.61 bits per heavy atom. The topological polar surface area (TPSA) is 58.6 Å². The molecule has 4 aromatic rings. The average Bonchev–Trinajstić information content (AvgIpc) is 2.88. The van der Waals surface area contributed by atoms with Crippen molar-refractivity contribution < 1.29 is 9.53 Å². The molecule has 0 spiro atoms. The molecule has 33 heavy (non-hydrogen) atoms. The molecule has 0 unspecified atom stereocenters. The van der Waals surface area contributed by atoms with E-state index in [4.69, 9.17) is 16.3 Å². The molecule has 1 saturated heterocycles. The Morgan fingerprint density at radius 1 is 0.848 bits per heavy atom. The number of ether oxygens (including phenoxy) is 1. The first-order chi connectivity index (χ1) is 16.2. The molecule has 166 valence electrons. The van der Waals surface area contributed by atoms with Crippen LogP contribution in [0.2, 0.25) is 5.02 Å². The first-order valence-corrected chi connectivity index (χ1v) is 11.3. The van der Waals surface area contributed by atoms with Crippen molar-refractivity contribution in [1.82, 2.24) is 15.1 Å². The highest BCUT2D eigenvalue weighted by Gasteiger charge is 2.22. The summed E-state index contributed by atoms with van der Waals surface area (Å²) in [5.74, 6) is 1.29. The van der Waals surface area contributed by atoms with E-state index in [1.165, 1.54) is 5.39 Å². The maximum absolute atomic E-state index is 12.5. The highest BCUT2D eigenvalue weighted by molar-refractivity contribution is 6.32. The van der Waals surface area contributed by atoms with Crippen LogP contribution in [0.5, 0.6) is 5.75 Å². The van der Waals surface area contributed by atoms with Gasteiger partial charge in [-0.1, -0.05) is 66.2 Å². The van der Waals surface area contributed by atoms with Crippen molar-refractivity contribution in [3.05, 3.63) is 83.9 Å². The molecule has 1 aliphatic rings. The van der Waals surface area contributed by atoms with Crippen molar-refractivity contribution in [2.24, 2.45) is 0 Å². The van der Waals surface area contributed by atoms with E-state index in [1.54, 1.807) is 12.1 Å². The zero-order chi connectivity index (χ0) is 22.6. The van der Waals surface area contributed by atoms with Crippen LogP contribution in [-0.2, 0) is 4.79 Å². The molecular weight excluding hydrogens is 436 g/mol. The van der Waals surface area contributed by atoms with Crippen molar-refractivity contribution in [2.75, 3.05) is 37.7 Å². The fourth-order valence-electron chi connectivity index (χ4n) is 4.06. The highest BCUT2D eigenvalue weighted by atomic mass is 35.5. The van der Waals surface area contributed by atoms with Gasteiger partial charge < -0.3 is 14.5 Å². The number of carbonyl (C=O) groups excluding carboxylic acids is 1. The third-order valence-electron chi connectivity index (χ3n) is 5.86. The summed E-state index contributed by atoms with van der Waals surface area (Å²) in [7, 11) is 0. The first kappa shape index (κ1) is 21.2. The molecule has 3 aromatic carbocycles. The van der Waals surface area contributed by atoms with E-state index in [2.05, 4.69) is 39.4 Å². The molecule has 2 heterocycles. The van der Waals surface area contributed by atoms with Crippen molar-refractivity contribution in [3.8, 4) is 17.0 Å². The molecule has 0 saturated carbocycles. The van der Waals surface area contributed by atoms with Crippen LogP contribution >= 0.6 is 11.6 Å². The van der Waals surface area contributed by atoms with Crippen molar-refractivity contribution in [3.63, 3.8) is 0 Å². The Bertz CT molecular complexity index is 1270. The number of benzene rings is 3. The minimum absolute atomic E-state index is 0.0245. The quantitative estimate of drug-likeness (QED) is 0.434. The first-order valence-electron chi connectivity index (χ1n) is 10.9. The number of rotatable bonds is 5. The molecule has 1 amide bonds. The van der Waals surface area contributed by atoms with Crippen molar-refractivity contribution in [2.45, 2.75) is 0 Å². The number of carbonyl (C=O) groups is 1. The van der Waals surface area contributed by atoms with Gasteiger partial charge in [0.2, 0.25) is 0 Å². The summed E-state index contributed by atoms with van der Waals surface area (Å²) in [6.07, 6.45) is 0. The van der Waals surface area contributed by atoms with Gasteiger partial charge in [0.1, 0.15) is 5.75 Å². The maximum Gasteiger partial charge on any atom is 0.260 e. The molecule has 0 radical (unpaired) electrons. The van der Waals surface area contributed by atoms with Gasteiger partial charge >= 0.3 is 0 Å². The van der Waals surface area contributed by atoms with Crippen molar-refractivity contribution >= 4 is 34.1 Å². The summed E-state index contributed by atoms with van der Waals surface area (Å²) < 4.78 is 5.59. The number of anilines is 1. The highest BCUT2D eigenvalue weighted by Crippen LogP contribution is 2.28. The molecule has 7 heteroatoms. The monoisotopic (exact) mass is 458 g/mol. The Balaban J connectivity index is 1.20. The van der Waals surface area contributed by atoms with Crippen LogP contribution in [0.4, 0.5) is 5.82 Å². The second-order valence-corrected chi connectivity index (χ2v) is 8.30. The molecule has 1 aromatic heterocycles. The van der Waals surface area contributed by atoms with Crippen LogP contribution in [0, 0.1) is 0 Å². The minimum Gasteiger partial charge on any atom is -0.482 e. The lowest BCUT2D eigenvalue weighted by atomic mass is 10.0. The fraction of sp³-hybridized carbons (Fsp3) is 0.192. The molecule has 5 rings (SSSR count). The number of hydrogen-bond donors (Lipinski definition) is 0. The van der Waals surface area contributed by atoms with Crippen LogP contribution in [-0.4, -0.2) is 53.8 Å². The van der Waals surface area contributed by atoms with Gasteiger partial charge in [0, 0.05) is 31.7 Å². The zero-order valence-corrected chi connectivity index (χ0v) is 18.8. The summed E-state index contributed by atoms with van der Waals surface area (Å²) in [6.45, 7) is 2.58. The third kappa shape index (κ3) is 4.61. The van der Waals surface area contributed by atoms with Gasteiger partial charge in [-0.25, -0.2) is 0 Å². The van der Waals surface area contributed by atoms with Gasteiger partial charge in [-0.3, -0.25) is 4.79 Å². The molecule has 0 N–H and O–H groups in total. The van der Waals surface area contributed by atoms with Crippen LogP contribution in [0.25, 0.3) is 22.0 Å². The predicted octanol–water partition coefficient (Wildman–Crippen LogP) is 4.68. The Hall–Kier alpha value is -3.64. The second-order valence-electron chi connectivity index (χ2n) is 7.89. The largest absolute Gasteiger partial charge is 0.482 e. The van der Waals surface area contributed by atoms with Crippen molar-refractivity contribution in [1.29, 1.82) is 0 Å². The Morgan fingerprint density at radius 3 is 2.39 bits per heavy atom. The number of halogens is 1. The van der Waals surface area contributed by atoms with E-state index < -0.39 is 0 Å². The van der Waals surface area contributed by atoms with Gasteiger partial charge in [-0.2, -0.15) is 0 Å². The van der Waals surface area contributed by atoms with Crippen LogP contribution in [0.15, 0.2) is 78.9 Å². The summed E-state index contributed by atoms with van der Waals surface area (Å²) >= 11 is 6.09. The van der Waals surface area contributed by atoms with E-state index in [-0.39, 0.29) is 12.5 Å². The van der Waals surface area contributed by atoms with Crippen LogP contribution < -0.4 is 9.64 Å². The molecule has 0 atom stereocenters. The average molecular weight is 459 g/mol. The maximum atomic E-state index is 12.5. The lowest BCUT2D eigenvalue weighted by Crippen LogP contribution is -2.50. The molecule has 0 aliphatic carbocycles. The smallest absolute Gasteiger partial charge is 0.260 e. The fourth-order valence-corrected chi connectivity index (χ4v) is 4.25. The van der Waals surface area contributed by atoms with Gasteiger partial charge in [0.05, 0.1) is 10.7 Å². The summed E-state index contributed by atoms with van der Waals surface area (Å²) in [4.78, 5) is 16.5. The van der Waals surface area contributed by atoms with E-state index in [0.717, 1.165) is 22.5 Å². The van der Waals surface area contributed by atoms with Gasteiger partial charge in [-0.05, 0) is 35.0 Å².